The van der Waals surface area contributed by atoms with E-state index in [9.17, 15) is 9.59 Å². The maximum atomic E-state index is 12.6. The zero-order chi connectivity index (χ0) is 16.2. The van der Waals surface area contributed by atoms with Crippen molar-refractivity contribution in [2.45, 2.75) is 44.6 Å². The second-order valence-electron chi connectivity index (χ2n) is 7.31. The maximum absolute atomic E-state index is 12.6. The van der Waals surface area contributed by atoms with Gasteiger partial charge in [-0.3, -0.25) is 14.5 Å². The summed E-state index contributed by atoms with van der Waals surface area (Å²) in [7, 11) is 0. The maximum Gasteiger partial charge on any atom is 0.236 e. The largest absolute Gasteiger partial charge is 0.342 e. The lowest BCUT2D eigenvalue weighted by molar-refractivity contribution is -0.139. The van der Waals surface area contributed by atoms with Gasteiger partial charge in [-0.1, -0.05) is 6.42 Å². The van der Waals surface area contributed by atoms with E-state index < -0.39 is 0 Å². The molecule has 25 heavy (non-hydrogen) atoms. The highest BCUT2D eigenvalue weighted by atomic mass is 35.5. The molecule has 1 aliphatic carbocycles. The summed E-state index contributed by atoms with van der Waals surface area (Å²) in [4.78, 5) is 31.0. The van der Waals surface area contributed by atoms with E-state index in [0.717, 1.165) is 77.8 Å². The highest BCUT2D eigenvalue weighted by Gasteiger charge is 2.31. The van der Waals surface area contributed by atoms with Crippen molar-refractivity contribution in [2.75, 3.05) is 45.8 Å². The van der Waals surface area contributed by atoms with Crippen LogP contribution in [0, 0.1) is 5.92 Å². The van der Waals surface area contributed by atoms with Crippen molar-refractivity contribution in [1.29, 1.82) is 0 Å². The third-order valence-corrected chi connectivity index (χ3v) is 5.57. The quantitative estimate of drug-likeness (QED) is 0.778. The molecule has 1 saturated carbocycles. The van der Waals surface area contributed by atoms with E-state index in [1.165, 1.54) is 0 Å². The normalized spacial score (nSPS) is 27.4. The van der Waals surface area contributed by atoms with Gasteiger partial charge in [0.1, 0.15) is 0 Å². The number of piperazine rings is 1. The molecule has 146 valence electrons. The minimum atomic E-state index is 0. The van der Waals surface area contributed by atoms with Crippen LogP contribution in [0.15, 0.2) is 0 Å². The van der Waals surface area contributed by atoms with Gasteiger partial charge < -0.3 is 15.5 Å². The predicted octanol–water partition coefficient (Wildman–Crippen LogP) is 1.11. The molecule has 3 fully saturated rings. The Balaban J connectivity index is 0.00000156. The fourth-order valence-corrected chi connectivity index (χ4v) is 4.09. The molecule has 0 aromatic rings. The molecule has 3 aliphatic rings. The highest BCUT2D eigenvalue weighted by molar-refractivity contribution is 5.85. The summed E-state index contributed by atoms with van der Waals surface area (Å²) in [5.41, 5.74) is 6.01. The first kappa shape index (κ1) is 22.5. The molecule has 0 aromatic heterocycles. The Labute approximate surface area is 163 Å². The molecule has 0 aromatic carbocycles. The summed E-state index contributed by atoms with van der Waals surface area (Å²) in [5, 5.41) is 0. The number of halogens is 2. The second kappa shape index (κ2) is 10.6. The Morgan fingerprint density at radius 2 is 1.48 bits per heavy atom. The van der Waals surface area contributed by atoms with Gasteiger partial charge in [0.05, 0.1) is 6.54 Å². The Hall–Kier alpha value is -0.560. The standard InChI is InChI=1S/C17H30N4O2.2ClH/c18-15-5-3-4-14(12-15)17(23)21-10-8-19(9-11-21)13-16(22)20-6-1-2-7-20;;/h14-15H,1-13,18H2;2*1H. The van der Waals surface area contributed by atoms with Gasteiger partial charge in [0.2, 0.25) is 11.8 Å². The average Bonchev–Trinajstić information content (AvgIpc) is 3.09. The topological polar surface area (TPSA) is 69.9 Å². The number of nitrogens with zero attached hydrogens (tertiary/aromatic N) is 3. The molecule has 0 radical (unpaired) electrons. The zero-order valence-corrected chi connectivity index (χ0v) is 16.5. The molecule has 2 amide bonds. The van der Waals surface area contributed by atoms with Crippen molar-refractivity contribution >= 4 is 36.6 Å². The zero-order valence-electron chi connectivity index (χ0n) is 14.9. The number of likely N-dealkylation sites (tertiary alicyclic amines) is 1. The molecule has 2 aliphatic heterocycles. The van der Waals surface area contributed by atoms with Crippen molar-refractivity contribution in [3.63, 3.8) is 0 Å². The monoisotopic (exact) mass is 394 g/mol. The van der Waals surface area contributed by atoms with Gasteiger partial charge in [0.25, 0.3) is 0 Å². The molecule has 0 spiro atoms. The van der Waals surface area contributed by atoms with Crippen molar-refractivity contribution in [3.8, 4) is 0 Å². The van der Waals surface area contributed by atoms with Crippen LogP contribution in [0.5, 0.6) is 0 Å². The van der Waals surface area contributed by atoms with Gasteiger partial charge in [0.15, 0.2) is 0 Å². The van der Waals surface area contributed by atoms with Crippen molar-refractivity contribution in [2.24, 2.45) is 11.7 Å². The molecule has 2 heterocycles. The van der Waals surface area contributed by atoms with Crippen LogP contribution in [0.25, 0.3) is 0 Å². The first-order valence-electron chi connectivity index (χ1n) is 9.18. The fourth-order valence-electron chi connectivity index (χ4n) is 4.09. The summed E-state index contributed by atoms with van der Waals surface area (Å²) in [6, 6.07) is 0.192. The third-order valence-electron chi connectivity index (χ3n) is 5.57. The lowest BCUT2D eigenvalue weighted by atomic mass is 9.85. The molecule has 0 bridgehead atoms. The number of hydrogen-bond acceptors (Lipinski definition) is 4. The van der Waals surface area contributed by atoms with Gasteiger partial charge in [-0.25, -0.2) is 0 Å². The van der Waals surface area contributed by atoms with Gasteiger partial charge in [-0.2, -0.15) is 0 Å². The molecule has 3 rings (SSSR count). The summed E-state index contributed by atoms with van der Waals surface area (Å²) in [6.07, 6.45) is 6.22. The van der Waals surface area contributed by atoms with Crippen LogP contribution in [0.1, 0.15) is 38.5 Å². The van der Waals surface area contributed by atoms with Crippen LogP contribution in [-0.2, 0) is 9.59 Å². The van der Waals surface area contributed by atoms with Crippen LogP contribution in [-0.4, -0.2) is 78.4 Å². The van der Waals surface area contributed by atoms with Gasteiger partial charge in [0, 0.05) is 51.2 Å². The molecular formula is C17H32Cl2N4O2. The number of hydrogen-bond donors (Lipinski definition) is 1. The summed E-state index contributed by atoms with van der Waals surface area (Å²) in [5.74, 6) is 0.655. The number of nitrogens with two attached hydrogens (primary N) is 1. The van der Waals surface area contributed by atoms with Gasteiger partial charge in [-0.15, -0.1) is 24.8 Å². The van der Waals surface area contributed by atoms with Crippen molar-refractivity contribution in [3.05, 3.63) is 0 Å². The average molecular weight is 395 g/mol. The number of amides is 2. The summed E-state index contributed by atoms with van der Waals surface area (Å²) >= 11 is 0. The Kier molecular flexibility index (Phi) is 9.49. The van der Waals surface area contributed by atoms with Crippen LogP contribution >= 0.6 is 24.8 Å². The van der Waals surface area contributed by atoms with Crippen LogP contribution < -0.4 is 5.73 Å². The SMILES string of the molecule is Cl.Cl.NC1CCCC(C(=O)N2CCN(CC(=O)N3CCCC3)CC2)C1. The lowest BCUT2D eigenvalue weighted by Crippen LogP contribution is -2.53. The fraction of sp³-hybridized carbons (Fsp3) is 0.882. The van der Waals surface area contributed by atoms with Gasteiger partial charge >= 0.3 is 0 Å². The molecule has 2 N–H and O–H groups in total. The molecule has 2 saturated heterocycles. The molecule has 6 nitrogen and oxygen atoms in total. The molecule has 8 heteroatoms. The predicted molar refractivity (Wildman–Crippen MR) is 103 cm³/mol. The number of carbonyl (C=O) groups excluding carboxylic acids is 2. The molecular weight excluding hydrogens is 363 g/mol. The van der Waals surface area contributed by atoms with E-state index >= 15 is 0 Å². The molecule has 2 atom stereocenters. The number of carbonyl (C=O) groups is 2. The second-order valence-corrected chi connectivity index (χ2v) is 7.31. The minimum absolute atomic E-state index is 0. The minimum Gasteiger partial charge on any atom is -0.342 e. The Morgan fingerprint density at radius 1 is 0.840 bits per heavy atom. The summed E-state index contributed by atoms with van der Waals surface area (Å²) < 4.78 is 0. The van der Waals surface area contributed by atoms with Gasteiger partial charge in [-0.05, 0) is 32.1 Å². The molecule has 2 unspecified atom stereocenters. The Bertz CT molecular complexity index is 438. The van der Waals surface area contributed by atoms with E-state index in [1.807, 2.05) is 9.80 Å². The van der Waals surface area contributed by atoms with E-state index in [1.54, 1.807) is 0 Å². The van der Waals surface area contributed by atoms with Crippen LogP contribution in [0.2, 0.25) is 0 Å². The third kappa shape index (κ3) is 5.98. The summed E-state index contributed by atoms with van der Waals surface area (Å²) in [6.45, 7) is 5.46. The lowest BCUT2D eigenvalue weighted by Gasteiger charge is -2.37. The first-order valence-corrected chi connectivity index (χ1v) is 9.18. The van der Waals surface area contributed by atoms with E-state index in [2.05, 4.69) is 4.90 Å². The van der Waals surface area contributed by atoms with E-state index in [4.69, 9.17) is 5.73 Å². The first-order chi connectivity index (χ1) is 11.1. The van der Waals surface area contributed by atoms with Crippen molar-refractivity contribution in [1.82, 2.24) is 14.7 Å². The van der Waals surface area contributed by atoms with Crippen LogP contribution in [0.3, 0.4) is 0 Å². The van der Waals surface area contributed by atoms with E-state index in [0.29, 0.717) is 6.54 Å². The van der Waals surface area contributed by atoms with Crippen LogP contribution in [0.4, 0.5) is 0 Å². The number of rotatable bonds is 3. The Morgan fingerprint density at radius 3 is 2.08 bits per heavy atom. The smallest absolute Gasteiger partial charge is 0.236 e. The van der Waals surface area contributed by atoms with E-state index in [-0.39, 0.29) is 48.6 Å². The van der Waals surface area contributed by atoms with Crippen molar-refractivity contribution < 1.29 is 9.59 Å². The highest BCUT2D eigenvalue weighted by Crippen LogP contribution is 2.25.